The molecule has 1 aromatic rings. The Morgan fingerprint density at radius 3 is 2.78 bits per heavy atom. The number of Topliss-reactive ketones (excluding diaryl/α,β-unsaturated/α-hetero) is 1. The molecule has 3 nitrogen and oxygen atoms in total. The van der Waals surface area contributed by atoms with Crippen molar-refractivity contribution in [3.63, 3.8) is 0 Å². The normalized spacial score (nSPS) is 12.2. The van der Waals surface area contributed by atoms with Gasteiger partial charge in [-0.25, -0.2) is 4.39 Å². The monoisotopic (exact) mass is 248 g/mol. The molecule has 0 N–H and O–H groups in total. The lowest BCUT2D eigenvalue weighted by molar-refractivity contribution is -0.119. The lowest BCUT2D eigenvalue weighted by Crippen LogP contribution is -2.34. The van der Waals surface area contributed by atoms with Crippen LogP contribution in [0.3, 0.4) is 0 Å². The third-order valence-corrected chi connectivity index (χ3v) is 2.91. The molecule has 0 saturated heterocycles. The Kier molecular flexibility index (Phi) is 5.47. The second kappa shape index (κ2) is 6.87. The van der Waals surface area contributed by atoms with Gasteiger partial charge in [-0.1, -0.05) is 18.2 Å². The predicted octanol–water partition coefficient (Wildman–Crippen LogP) is 2.17. The third kappa shape index (κ3) is 4.27. The van der Waals surface area contributed by atoms with Gasteiger partial charge in [-0.15, -0.1) is 0 Å². The lowest BCUT2D eigenvalue weighted by Gasteiger charge is -2.21. The summed E-state index contributed by atoms with van der Waals surface area (Å²) in [6, 6.07) is 8.38. The van der Waals surface area contributed by atoms with Crippen molar-refractivity contribution in [1.82, 2.24) is 4.90 Å². The highest BCUT2D eigenvalue weighted by molar-refractivity contribution is 5.82. The van der Waals surface area contributed by atoms with Crippen molar-refractivity contribution < 1.29 is 9.18 Å². The molecule has 0 spiro atoms. The van der Waals surface area contributed by atoms with E-state index in [1.807, 2.05) is 11.8 Å². The van der Waals surface area contributed by atoms with Crippen LogP contribution in [0.1, 0.15) is 18.9 Å². The molecule has 1 unspecified atom stereocenters. The zero-order valence-corrected chi connectivity index (χ0v) is 10.7. The van der Waals surface area contributed by atoms with Crippen molar-refractivity contribution in [2.75, 3.05) is 13.6 Å². The van der Waals surface area contributed by atoms with E-state index in [9.17, 15) is 9.18 Å². The van der Waals surface area contributed by atoms with Gasteiger partial charge in [-0.3, -0.25) is 9.69 Å². The fourth-order valence-corrected chi connectivity index (χ4v) is 1.63. The largest absolute Gasteiger partial charge is 0.298 e. The van der Waals surface area contributed by atoms with Crippen LogP contribution in [0.15, 0.2) is 24.3 Å². The minimum atomic E-state index is -0.349. The van der Waals surface area contributed by atoms with Gasteiger partial charge in [0.2, 0.25) is 0 Å². The Morgan fingerprint density at radius 1 is 1.50 bits per heavy atom. The van der Waals surface area contributed by atoms with Gasteiger partial charge in [0.1, 0.15) is 5.82 Å². The molecule has 0 aliphatic rings. The molecule has 18 heavy (non-hydrogen) atoms. The van der Waals surface area contributed by atoms with E-state index < -0.39 is 0 Å². The molecule has 1 atom stereocenters. The fraction of sp³-hybridized carbons (Fsp3) is 0.429. The standard InChI is InChI=1S/C14H17FN2O/c1-11(7-8-16)17(2)10-13(18)9-12-5-3-4-6-14(12)15/h3-6,11H,7,9-10H2,1-2H3. The Bertz CT molecular complexity index is 453. The fourth-order valence-electron chi connectivity index (χ4n) is 1.63. The first-order chi connectivity index (χ1) is 8.54. The first kappa shape index (κ1) is 14.3. The van der Waals surface area contributed by atoms with Crippen LogP contribution in [0.25, 0.3) is 0 Å². The molecule has 0 aliphatic carbocycles. The number of hydrogen-bond acceptors (Lipinski definition) is 3. The highest BCUT2D eigenvalue weighted by atomic mass is 19.1. The van der Waals surface area contributed by atoms with Crippen LogP contribution in [-0.4, -0.2) is 30.3 Å². The number of carbonyl (C=O) groups is 1. The summed E-state index contributed by atoms with van der Waals surface area (Å²) in [5.41, 5.74) is 0.420. The first-order valence-corrected chi connectivity index (χ1v) is 5.87. The van der Waals surface area contributed by atoms with E-state index in [1.54, 1.807) is 25.2 Å². The van der Waals surface area contributed by atoms with Gasteiger partial charge in [0, 0.05) is 12.5 Å². The molecule has 0 fully saturated rings. The number of carbonyl (C=O) groups excluding carboxylic acids is 1. The van der Waals surface area contributed by atoms with Crippen LogP contribution in [0.2, 0.25) is 0 Å². The summed E-state index contributed by atoms with van der Waals surface area (Å²) >= 11 is 0. The third-order valence-electron chi connectivity index (χ3n) is 2.91. The van der Waals surface area contributed by atoms with E-state index in [0.717, 1.165) is 0 Å². The van der Waals surface area contributed by atoms with Crippen LogP contribution < -0.4 is 0 Å². The van der Waals surface area contributed by atoms with Crippen molar-refractivity contribution in [1.29, 1.82) is 5.26 Å². The molecule has 0 bridgehead atoms. The second-order valence-electron chi connectivity index (χ2n) is 4.43. The Balaban J connectivity index is 2.52. The average Bonchev–Trinajstić information content (AvgIpc) is 2.32. The molecule has 0 saturated carbocycles. The predicted molar refractivity (Wildman–Crippen MR) is 67.4 cm³/mol. The summed E-state index contributed by atoms with van der Waals surface area (Å²) in [5, 5.41) is 8.58. The summed E-state index contributed by atoms with van der Waals surface area (Å²) in [5.74, 6) is -0.397. The van der Waals surface area contributed by atoms with Gasteiger partial charge in [0.15, 0.2) is 5.78 Å². The zero-order valence-electron chi connectivity index (χ0n) is 10.7. The van der Waals surface area contributed by atoms with E-state index in [-0.39, 0.29) is 30.6 Å². The number of benzene rings is 1. The number of rotatable bonds is 6. The van der Waals surface area contributed by atoms with Crippen molar-refractivity contribution in [3.8, 4) is 6.07 Å². The average molecular weight is 248 g/mol. The molecule has 0 heterocycles. The van der Waals surface area contributed by atoms with Gasteiger partial charge in [-0.05, 0) is 25.6 Å². The molecule has 4 heteroatoms. The summed E-state index contributed by atoms with van der Waals surface area (Å²) in [7, 11) is 1.79. The second-order valence-corrected chi connectivity index (χ2v) is 4.43. The molecular weight excluding hydrogens is 231 g/mol. The molecule has 96 valence electrons. The van der Waals surface area contributed by atoms with E-state index in [4.69, 9.17) is 5.26 Å². The Morgan fingerprint density at radius 2 is 2.17 bits per heavy atom. The molecule has 1 rings (SSSR count). The maximum absolute atomic E-state index is 13.4. The maximum atomic E-state index is 13.4. The highest BCUT2D eigenvalue weighted by Gasteiger charge is 2.14. The van der Waals surface area contributed by atoms with Crippen LogP contribution >= 0.6 is 0 Å². The summed E-state index contributed by atoms with van der Waals surface area (Å²) in [6.45, 7) is 2.12. The summed E-state index contributed by atoms with van der Waals surface area (Å²) in [4.78, 5) is 13.6. The van der Waals surface area contributed by atoms with Crippen molar-refractivity contribution >= 4 is 5.78 Å². The number of hydrogen-bond donors (Lipinski definition) is 0. The van der Waals surface area contributed by atoms with Gasteiger partial charge in [0.05, 0.1) is 19.0 Å². The van der Waals surface area contributed by atoms with E-state index in [2.05, 4.69) is 6.07 Å². The van der Waals surface area contributed by atoms with E-state index >= 15 is 0 Å². The van der Waals surface area contributed by atoms with Gasteiger partial charge in [0.25, 0.3) is 0 Å². The lowest BCUT2D eigenvalue weighted by atomic mass is 10.1. The van der Waals surface area contributed by atoms with Crippen LogP contribution in [0.5, 0.6) is 0 Å². The van der Waals surface area contributed by atoms with Crippen molar-refractivity contribution in [2.24, 2.45) is 0 Å². The molecule has 0 aliphatic heterocycles. The quantitative estimate of drug-likeness (QED) is 0.775. The molecule has 0 amide bonds. The van der Waals surface area contributed by atoms with E-state index in [0.29, 0.717) is 12.0 Å². The van der Waals surface area contributed by atoms with Gasteiger partial charge >= 0.3 is 0 Å². The van der Waals surface area contributed by atoms with Gasteiger partial charge < -0.3 is 0 Å². The van der Waals surface area contributed by atoms with Crippen molar-refractivity contribution in [3.05, 3.63) is 35.6 Å². The highest BCUT2D eigenvalue weighted by Crippen LogP contribution is 2.08. The zero-order chi connectivity index (χ0) is 13.5. The molecular formula is C14H17FN2O. The van der Waals surface area contributed by atoms with Crippen LogP contribution in [0.4, 0.5) is 4.39 Å². The first-order valence-electron chi connectivity index (χ1n) is 5.87. The smallest absolute Gasteiger partial charge is 0.151 e. The molecule has 0 radical (unpaired) electrons. The van der Waals surface area contributed by atoms with E-state index in [1.165, 1.54) is 6.07 Å². The van der Waals surface area contributed by atoms with Crippen LogP contribution in [-0.2, 0) is 11.2 Å². The summed E-state index contributed by atoms with van der Waals surface area (Å²) in [6.07, 6.45) is 0.472. The number of ketones is 1. The number of nitriles is 1. The molecule has 1 aromatic carbocycles. The van der Waals surface area contributed by atoms with Crippen LogP contribution in [0, 0.1) is 17.1 Å². The van der Waals surface area contributed by atoms with Gasteiger partial charge in [-0.2, -0.15) is 5.26 Å². The van der Waals surface area contributed by atoms with Crippen molar-refractivity contribution in [2.45, 2.75) is 25.8 Å². The SMILES string of the molecule is CC(CC#N)N(C)CC(=O)Cc1ccccc1F. The Labute approximate surface area is 107 Å². The minimum Gasteiger partial charge on any atom is -0.298 e. The number of likely N-dealkylation sites (N-methyl/N-ethyl adjacent to an activating group) is 1. The maximum Gasteiger partial charge on any atom is 0.151 e. The Hall–Kier alpha value is -1.73. The number of nitrogens with zero attached hydrogens (tertiary/aromatic N) is 2. The minimum absolute atomic E-state index is 0.0274. The summed E-state index contributed by atoms with van der Waals surface area (Å²) < 4.78 is 13.4. The molecule has 0 aromatic heterocycles. The topological polar surface area (TPSA) is 44.1 Å². The number of halogens is 1.